The smallest absolute Gasteiger partial charge is 0.132 e. The highest BCUT2D eigenvalue weighted by molar-refractivity contribution is 6.73. The Morgan fingerprint density at radius 3 is 2.38 bits per heavy atom. The van der Waals surface area contributed by atoms with E-state index in [2.05, 4.69) is 49.8 Å². The summed E-state index contributed by atoms with van der Waals surface area (Å²) in [6.45, 7) is 3.77. The summed E-state index contributed by atoms with van der Waals surface area (Å²) in [6, 6.07) is 8.65. The minimum absolute atomic E-state index is 0.628. The van der Waals surface area contributed by atoms with E-state index in [4.69, 9.17) is 4.74 Å². The van der Waals surface area contributed by atoms with Gasteiger partial charge < -0.3 is 9.64 Å². The normalized spacial score (nSPS) is 11.1. The van der Waals surface area contributed by atoms with Gasteiger partial charge >= 0.3 is 0 Å². The number of ether oxygens (including phenoxy) is 1. The third-order valence-electron chi connectivity index (χ3n) is 2.38. The van der Waals surface area contributed by atoms with Gasteiger partial charge in [-0.1, -0.05) is 42.1 Å². The zero-order valence-corrected chi connectivity index (χ0v) is 11.4. The molecule has 0 atom stereocenters. The maximum Gasteiger partial charge on any atom is 0.132 e. The van der Waals surface area contributed by atoms with Crippen LogP contribution >= 0.6 is 0 Å². The Kier molecular flexibility index (Phi) is 5.45. The van der Waals surface area contributed by atoms with E-state index in [1.54, 1.807) is 7.11 Å². The molecule has 0 heterocycles. The van der Waals surface area contributed by atoms with E-state index in [0.29, 0.717) is 0 Å². The largest absolute Gasteiger partial charge is 0.388 e. The molecule has 0 aliphatic carbocycles. The molecule has 87 valence electrons. The van der Waals surface area contributed by atoms with Gasteiger partial charge in [-0.3, -0.25) is 0 Å². The molecule has 1 aromatic carbocycles. The molecule has 1 radical (unpaired) electrons. The van der Waals surface area contributed by atoms with Crippen molar-refractivity contribution in [1.82, 2.24) is 4.90 Å². The summed E-state index contributed by atoms with van der Waals surface area (Å²) < 4.78 is 5.31. The van der Waals surface area contributed by atoms with Crippen LogP contribution in [0.2, 0.25) is 0 Å². The van der Waals surface area contributed by atoms with Crippen molar-refractivity contribution in [3.8, 4) is 0 Å². The Morgan fingerprint density at radius 1 is 1.31 bits per heavy atom. The molecular weight excluding hydrogens is 214 g/mol. The first-order valence-electron chi connectivity index (χ1n) is 5.38. The molecule has 0 spiro atoms. The van der Waals surface area contributed by atoms with Crippen molar-refractivity contribution in [1.29, 1.82) is 0 Å². The van der Waals surface area contributed by atoms with Gasteiger partial charge in [0.2, 0.25) is 0 Å². The maximum atomic E-state index is 5.31. The topological polar surface area (TPSA) is 12.5 Å². The van der Waals surface area contributed by atoms with Gasteiger partial charge in [-0.05, 0) is 25.8 Å². The monoisotopic (exact) mass is 234 g/mol. The highest BCUT2D eigenvalue weighted by Crippen LogP contribution is 2.00. The summed E-state index contributed by atoms with van der Waals surface area (Å²) in [6.07, 6.45) is 3.83. The van der Waals surface area contributed by atoms with Crippen LogP contribution in [0.4, 0.5) is 0 Å². The van der Waals surface area contributed by atoms with Crippen LogP contribution in [0.25, 0.3) is 6.08 Å². The van der Waals surface area contributed by atoms with Gasteiger partial charge in [-0.25, -0.2) is 0 Å². The first-order valence-corrected chi connectivity index (χ1v) is 7.30. The fourth-order valence-corrected chi connectivity index (χ4v) is 3.82. The second kappa shape index (κ2) is 6.63. The first-order chi connectivity index (χ1) is 7.67. The molecule has 1 aromatic rings. The lowest BCUT2D eigenvalue weighted by atomic mass is 10.2. The van der Waals surface area contributed by atoms with Crippen LogP contribution in [0.15, 0.2) is 30.8 Å². The molecule has 0 amide bonds. The molecule has 0 bridgehead atoms. The minimum atomic E-state index is -0.628. The number of methoxy groups -OCH3 is 1. The Balaban J connectivity index is 2.78. The zero-order chi connectivity index (χ0) is 12.0. The van der Waals surface area contributed by atoms with Crippen molar-refractivity contribution in [2.45, 2.75) is 0 Å². The molecule has 0 saturated heterocycles. The molecular formula is C13H20NOSi. The standard InChI is InChI=1S/C13H20NOSi/c1-5-12-6-8-13(9-7-12)16(11-15-4)10-14(2)3/h5-9H,1,10-11H2,2-4H3. The lowest BCUT2D eigenvalue weighted by molar-refractivity contribution is 0.247. The first kappa shape index (κ1) is 13.2. The summed E-state index contributed by atoms with van der Waals surface area (Å²) in [5.41, 5.74) is 1.17. The van der Waals surface area contributed by atoms with E-state index in [1.807, 2.05) is 6.08 Å². The number of rotatable bonds is 6. The van der Waals surface area contributed by atoms with Crippen LogP contribution in [0, 0.1) is 0 Å². The summed E-state index contributed by atoms with van der Waals surface area (Å²) in [5, 5.41) is 1.42. The van der Waals surface area contributed by atoms with E-state index >= 15 is 0 Å². The van der Waals surface area contributed by atoms with Crippen LogP contribution in [0.1, 0.15) is 5.56 Å². The van der Waals surface area contributed by atoms with E-state index in [-0.39, 0.29) is 0 Å². The quantitative estimate of drug-likeness (QED) is 0.688. The predicted octanol–water partition coefficient (Wildman–Crippen LogP) is 1.32. The number of hydrogen-bond acceptors (Lipinski definition) is 2. The van der Waals surface area contributed by atoms with Crippen molar-refractivity contribution < 1.29 is 4.74 Å². The van der Waals surface area contributed by atoms with Gasteiger partial charge in [-0.2, -0.15) is 0 Å². The number of nitrogens with zero attached hydrogens (tertiary/aromatic N) is 1. The minimum Gasteiger partial charge on any atom is -0.388 e. The maximum absolute atomic E-state index is 5.31. The average Bonchev–Trinajstić information content (AvgIpc) is 2.28. The Bertz CT molecular complexity index is 321. The van der Waals surface area contributed by atoms with Gasteiger partial charge in [0.15, 0.2) is 0 Å². The highest BCUT2D eigenvalue weighted by Gasteiger charge is 2.14. The third-order valence-corrected chi connectivity index (χ3v) is 5.18. The van der Waals surface area contributed by atoms with Crippen LogP contribution < -0.4 is 5.19 Å². The SMILES string of the molecule is C=Cc1ccc([Si](COC)CN(C)C)cc1. The Morgan fingerprint density at radius 2 is 1.94 bits per heavy atom. The lowest BCUT2D eigenvalue weighted by Crippen LogP contribution is -2.44. The lowest BCUT2D eigenvalue weighted by Gasteiger charge is -2.19. The van der Waals surface area contributed by atoms with Crippen molar-refractivity contribution >= 4 is 20.1 Å². The fourth-order valence-electron chi connectivity index (χ4n) is 1.63. The van der Waals surface area contributed by atoms with Gasteiger partial charge in [0.05, 0.1) is 0 Å². The van der Waals surface area contributed by atoms with Gasteiger partial charge in [0.1, 0.15) is 8.80 Å². The summed E-state index contributed by atoms with van der Waals surface area (Å²) in [7, 11) is 5.37. The predicted molar refractivity (Wildman–Crippen MR) is 72.4 cm³/mol. The van der Waals surface area contributed by atoms with E-state index in [9.17, 15) is 0 Å². The Labute approximate surface area is 100 Å². The van der Waals surface area contributed by atoms with Gasteiger partial charge in [0, 0.05) is 13.3 Å². The third kappa shape index (κ3) is 3.93. The fraction of sp³-hybridized carbons (Fsp3) is 0.385. The average molecular weight is 234 g/mol. The molecule has 0 aliphatic rings. The molecule has 3 heteroatoms. The van der Waals surface area contributed by atoms with Gasteiger partial charge in [0.25, 0.3) is 0 Å². The van der Waals surface area contributed by atoms with Crippen LogP contribution in [0.3, 0.4) is 0 Å². The summed E-state index contributed by atoms with van der Waals surface area (Å²) in [4.78, 5) is 2.23. The second-order valence-corrected chi connectivity index (χ2v) is 6.49. The van der Waals surface area contributed by atoms with Crippen molar-refractivity contribution in [3.63, 3.8) is 0 Å². The van der Waals surface area contributed by atoms with Crippen LogP contribution in [0.5, 0.6) is 0 Å². The van der Waals surface area contributed by atoms with E-state index < -0.39 is 8.80 Å². The summed E-state index contributed by atoms with van der Waals surface area (Å²) in [5.74, 6) is 0. The molecule has 1 rings (SSSR count). The Hall–Kier alpha value is -0.903. The second-order valence-electron chi connectivity index (χ2n) is 4.10. The number of benzene rings is 1. The van der Waals surface area contributed by atoms with Crippen molar-refractivity contribution in [2.24, 2.45) is 0 Å². The van der Waals surface area contributed by atoms with Crippen molar-refractivity contribution in [2.75, 3.05) is 33.6 Å². The van der Waals surface area contributed by atoms with Crippen LogP contribution in [-0.2, 0) is 4.74 Å². The number of hydrogen-bond donors (Lipinski definition) is 0. The zero-order valence-electron chi connectivity index (χ0n) is 10.4. The molecule has 0 unspecified atom stereocenters. The van der Waals surface area contributed by atoms with E-state index in [1.165, 1.54) is 10.8 Å². The van der Waals surface area contributed by atoms with Gasteiger partial charge in [-0.15, -0.1) is 0 Å². The molecule has 2 nitrogen and oxygen atoms in total. The molecule has 0 saturated carbocycles. The summed E-state index contributed by atoms with van der Waals surface area (Å²) >= 11 is 0. The molecule has 0 fully saturated rings. The van der Waals surface area contributed by atoms with Crippen LogP contribution in [-0.4, -0.2) is 47.3 Å². The molecule has 0 aliphatic heterocycles. The van der Waals surface area contributed by atoms with E-state index in [0.717, 1.165) is 12.4 Å². The molecule has 0 aromatic heterocycles. The highest BCUT2D eigenvalue weighted by atomic mass is 28.3. The molecule has 16 heavy (non-hydrogen) atoms. The van der Waals surface area contributed by atoms with Crippen molar-refractivity contribution in [3.05, 3.63) is 36.4 Å². The molecule has 0 N–H and O–H groups in total.